The number of aliphatic imine (C=N–C) groups is 2. The summed E-state index contributed by atoms with van der Waals surface area (Å²) in [6.45, 7) is 4.19. The number of nitrogens with zero attached hydrogens (tertiary/aromatic N) is 3. The summed E-state index contributed by atoms with van der Waals surface area (Å²) in [7, 11) is 0. The first kappa shape index (κ1) is 34.6. The van der Waals surface area contributed by atoms with E-state index in [0.717, 1.165) is 0 Å². The topological polar surface area (TPSA) is 308 Å². The zero-order valence-corrected chi connectivity index (χ0v) is 23.5. The molecular weight excluding hydrogens is 536 g/mol. The Bertz CT molecular complexity index is 1040. The van der Waals surface area contributed by atoms with Gasteiger partial charge in [0.1, 0.15) is 18.1 Å². The van der Waals surface area contributed by atoms with Crippen LogP contribution >= 0.6 is 0 Å². The number of H-pyrrole nitrogens is 1. The molecule has 0 aliphatic rings. The number of aromatic nitrogens is 2. The van der Waals surface area contributed by atoms with Crippen LogP contribution in [0.5, 0.6) is 0 Å². The molecular formula is C24H44N12O5. The fourth-order valence-corrected chi connectivity index (χ4v) is 3.77. The van der Waals surface area contributed by atoms with Crippen molar-refractivity contribution in [1.82, 2.24) is 25.9 Å². The number of rotatable bonds is 19. The number of carboxylic acids is 1. The van der Waals surface area contributed by atoms with E-state index < -0.39 is 47.9 Å². The van der Waals surface area contributed by atoms with Crippen molar-refractivity contribution < 1.29 is 24.3 Å². The quantitative estimate of drug-likeness (QED) is 0.0445. The Morgan fingerprint density at radius 1 is 0.878 bits per heavy atom. The number of guanidine groups is 2. The number of carbonyl (C=O) groups excluding carboxylic acids is 3. The van der Waals surface area contributed by atoms with E-state index in [1.54, 1.807) is 0 Å². The van der Waals surface area contributed by atoms with Crippen LogP contribution in [0.2, 0.25) is 0 Å². The Kier molecular flexibility index (Phi) is 15.2. The van der Waals surface area contributed by atoms with E-state index in [0.29, 0.717) is 18.5 Å². The first-order chi connectivity index (χ1) is 19.3. The standard InChI is InChI=1S/C24H44N12O5/c1-13(2)9-17(21(39)36-18(22(40)41)10-14-11-30-12-33-14)35-20(38)16(6-4-8-32-24(28)29)34-19(37)15(25)5-3-7-31-23(26)27/h11-13,15-18H,3-10,25H2,1-2H3,(H,30,33)(H,34,37)(H,35,38)(H,36,39)(H,40,41)(H4,26,27,31)(H4,28,29,32). The molecule has 41 heavy (non-hydrogen) atoms. The third-order valence-electron chi connectivity index (χ3n) is 5.82. The first-order valence-electron chi connectivity index (χ1n) is 13.3. The number of carbonyl (C=O) groups is 4. The number of hydrogen-bond acceptors (Lipinski definition) is 8. The Morgan fingerprint density at radius 3 is 1.93 bits per heavy atom. The average Bonchev–Trinajstić information content (AvgIpc) is 3.39. The lowest BCUT2D eigenvalue weighted by Crippen LogP contribution is -2.57. The minimum atomic E-state index is -1.26. The van der Waals surface area contributed by atoms with Crippen molar-refractivity contribution in [3.63, 3.8) is 0 Å². The van der Waals surface area contributed by atoms with Gasteiger partial charge in [0, 0.05) is 31.4 Å². The Hall–Kier alpha value is -4.41. The van der Waals surface area contributed by atoms with Gasteiger partial charge in [0.2, 0.25) is 17.7 Å². The Labute approximate surface area is 238 Å². The number of aliphatic carboxylic acids is 1. The molecule has 4 unspecified atom stereocenters. The maximum absolute atomic E-state index is 13.3. The van der Waals surface area contributed by atoms with Gasteiger partial charge in [0.05, 0.1) is 12.4 Å². The van der Waals surface area contributed by atoms with Crippen LogP contribution in [0.3, 0.4) is 0 Å². The molecule has 0 aromatic carbocycles. The highest BCUT2D eigenvalue weighted by atomic mass is 16.4. The largest absolute Gasteiger partial charge is 0.480 e. The molecule has 17 heteroatoms. The van der Waals surface area contributed by atoms with Crippen molar-refractivity contribution >= 4 is 35.6 Å². The van der Waals surface area contributed by atoms with Crippen molar-refractivity contribution in [2.24, 2.45) is 44.6 Å². The Morgan fingerprint density at radius 2 is 1.41 bits per heavy atom. The summed E-state index contributed by atoms with van der Waals surface area (Å²) >= 11 is 0. The molecule has 1 aromatic heterocycles. The molecule has 0 aliphatic heterocycles. The van der Waals surface area contributed by atoms with Crippen molar-refractivity contribution in [1.29, 1.82) is 0 Å². The van der Waals surface area contributed by atoms with Crippen LogP contribution in [0, 0.1) is 5.92 Å². The molecule has 0 aliphatic carbocycles. The molecule has 0 saturated carbocycles. The van der Waals surface area contributed by atoms with Gasteiger partial charge in [-0.25, -0.2) is 9.78 Å². The lowest BCUT2D eigenvalue weighted by Gasteiger charge is -2.26. The summed E-state index contributed by atoms with van der Waals surface area (Å²) in [5, 5.41) is 17.4. The maximum atomic E-state index is 13.3. The summed E-state index contributed by atoms with van der Waals surface area (Å²) in [6, 6.07) is -4.34. The van der Waals surface area contributed by atoms with E-state index in [1.165, 1.54) is 12.5 Å². The van der Waals surface area contributed by atoms with Crippen LogP contribution in [0.4, 0.5) is 0 Å². The van der Waals surface area contributed by atoms with Crippen LogP contribution in [0.25, 0.3) is 0 Å². The second-order valence-corrected chi connectivity index (χ2v) is 9.94. The van der Waals surface area contributed by atoms with Gasteiger partial charge in [-0.3, -0.25) is 24.4 Å². The van der Waals surface area contributed by atoms with Crippen LogP contribution in [0.15, 0.2) is 22.5 Å². The SMILES string of the molecule is CC(C)CC(NC(=O)C(CCCN=C(N)N)NC(=O)C(N)CCCN=C(N)N)C(=O)NC(Cc1cnc[nH]1)C(=O)O. The number of hydrogen-bond donors (Lipinski definition) is 10. The molecule has 1 rings (SSSR count). The van der Waals surface area contributed by atoms with Crippen molar-refractivity contribution in [3.8, 4) is 0 Å². The third kappa shape index (κ3) is 14.5. The fraction of sp³-hybridized carbons (Fsp3) is 0.625. The van der Waals surface area contributed by atoms with E-state index in [4.69, 9.17) is 28.7 Å². The number of aromatic amines is 1. The van der Waals surface area contributed by atoms with Crippen LogP contribution < -0.4 is 44.6 Å². The number of nitrogens with one attached hydrogen (secondary N) is 4. The first-order valence-corrected chi connectivity index (χ1v) is 13.3. The second kappa shape index (κ2) is 18.0. The van der Waals surface area contributed by atoms with Crippen molar-refractivity contribution in [2.75, 3.05) is 13.1 Å². The summed E-state index contributed by atoms with van der Waals surface area (Å²) in [5.74, 6) is -3.37. The fourth-order valence-electron chi connectivity index (χ4n) is 3.77. The highest BCUT2D eigenvalue weighted by Gasteiger charge is 2.31. The minimum Gasteiger partial charge on any atom is -0.480 e. The minimum absolute atomic E-state index is 0.0320. The van der Waals surface area contributed by atoms with Gasteiger partial charge >= 0.3 is 5.97 Å². The molecule has 0 radical (unpaired) electrons. The van der Waals surface area contributed by atoms with Gasteiger partial charge in [0.25, 0.3) is 0 Å². The highest BCUT2D eigenvalue weighted by molar-refractivity contribution is 5.94. The van der Waals surface area contributed by atoms with Crippen molar-refractivity contribution in [3.05, 3.63) is 18.2 Å². The van der Waals surface area contributed by atoms with Gasteiger partial charge in [-0.05, 0) is 38.0 Å². The summed E-state index contributed by atoms with van der Waals surface area (Å²) < 4.78 is 0. The number of amides is 3. The molecule has 3 amide bonds. The average molecular weight is 581 g/mol. The molecule has 0 saturated heterocycles. The van der Waals surface area contributed by atoms with Gasteiger partial charge < -0.3 is 54.7 Å². The highest BCUT2D eigenvalue weighted by Crippen LogP contribution is 2.09. The Balaban J connectivity index is 2.99. The molecule has 15 N–H and O–H groups in total. The zero-order chi connectivity index (χ0) is 30.9. The van der Waals surface area contributed by atoms with Crippen LogP contribution in [-0.2, 0) is 25.6 Å². The van der Waals surface area contributed by atoms with E-state index in [1.807, 2.05) is 13.8 Å². The molecule has 4 atom stereocenters. The van der Waals surface area contributed by atoms with Crippen LogP contribution in [0.1, 0.15) is 51.6 Å². The van der Waals surface area contributed by atoms with Gasteiger partial charge in [0.15, 0.2) is 11.9 Å². The summed E-state index contributed by atoms with van der Waals surface area (Å²) in [5.41, 5.74) is 27.8. The molecule has 0 bridgehead atoms. The second-order valence-electron chi connectivity index (χ2n) is 9.94. The van der Waals surface area contributed by atoms with E-state index in [2.05, 4.69) is 35.9 Å². The number of nitrogens with two attached hydrogens (primary N) is 5. The lowest BCUT2D eigenvalue weighted by atomic mass is 10.0. The summed E-state index contributed by atoms with van der Waals surface area (Å²) in [4.78, 5) is 65.4. The van der Waals surface area contributed by atoms with E-state index in [-0.39, 0.29) is 56.6 Å². The lowest BCUT2D eigenvalue weighted by molar-refractivity contribution is -0.142. The zero-order valence-electron chi connectivity index (χ0n) is 23.5. The number of carboxylic acid groups (broad SMARTS) is 1. The van der Waals surface area contributed by atoms with E-state index >= 15 is 0 Å². The number of imidazole rings is 1. The van der Waals surface area contributed by atoms with Gasteiger partial charge in [-0.1, -0.05) is 13.8 Å². The molecule has 17 nitrogen and oxygen atoms in total. The van der Waals surface area contributed by atoms with Crippen LogP contribution in [-0.4, -0.2) is 87.9 Å². The van der Waals surface area contributed by atoms with E-state index in [9.17, 15) is 24.3 Å². The predicted molar refractivity (Wildman–Crippen MR) is 153 cm³/mol. The normalized spacial score (nSPS) is 13.8. The predicted octanol–water partition coefficient (Wildman–Crippen LogP) is -3.03. The van der Waals surface area contributed by atoms with Gasteiger partial charge in [-0.2, -0.15) is 0 Å². The molecule has 1 heterocycles. The smallest absolute Gasteiger partial charge is 0.326 e. The monoisotopic (exact) mass is 580 g/mol. The molecule has 1 aromatic rings. The molecule has 230 valence electrons. The van der Waals surface area contributed by atoms with Gasteiger partial charge in [-0.15, -0.1) is 0 Å². The maximum Gasteiger partial charge on any atom is 0.326 e. The molecule has 0 fully saturated rings. The third-order valence-corrected chi connectivity index (χ3v) is 5.82. The molecule has 0 spiro atoms. The summed E-state index contributed by atoms with van der Waals surface area (Å²) in [6.07, 6.45) is 4.21. The van der Waals surface area contributed by atoms with Crippen molar-refractivity contribution in [2.45, 2.75) is 76.5 Å².